The van der Waals surface area contributed by atoms with Gasteiger partial charge in [0.15, 0.2) is 0 Å². The van der Waals surface area contributed by atoms with E-state index >= 15 is 0 Å². The maximum atomic E-state index is 12.4. The molecule has 4 aromatic rings. The number of anilines is 1. The summed E-state index contributed by atoms with van der Waals surface area (Å²) in [4.78, 5) is 12.4. The number of amides is 1. The smallest absolute Gasteiger partial charge is 0.234 e. The number of carbonyl (C=O) groups excluding carboxylic acids is 1. The summed E-state index contributed by atoms with van der Waals surface area (Å²) >= 11 is 1.36. The summed E-state index contributed by atoms with van der Waals surface area (Å²) in [6, 6.07) is 27.3. The number of thioether (sulfide) groups is 1. The summed E-state index contributed by atoms with van der Waals surface area (Å²) in [5.41, 5.74) is 3.47. The number of nitrogens with zero attached hydrogens (tertiary/aromatic N) is 3. The van der Waals surface area contributed by atoms with Crippen LogP contribution in [0.5, 0.6) is 0 Å². The first-order valence-corrected chi connectivity index (χ1v) is 10.4. The van der Waals surface area contributed by atoms with Gasteiger partial charge in [-0.25, -0.2) is 0 Å². The van der Waals surface area contributed by atoms with Crippen LogP contribution in [0.2, 0.25) is 0 Å². The molecule has 0 saturated heterocycles. The highest BCUT2D eigenvalue weighted by Gasteiger charge is 2.12. The molecule has 4 rings (SSSR count). The van der Waals surface area contributed by atoms with Gasteiger partial charge in [0.1, 0.15) is 10.7 Å². The van der Waals surface area contributed by atoms with E-state index in [0.717, 1.165) is 32.6 Å². The summed E-state index contributed by atoms with van der Waals surface area (Å²) in [6.07, 6.45) is 0.356. The maximum absolute atomic E-state index is 12.4. The Morgan fingerprint density at radius 3 is 2.33 bits per heavy atom. The van der Waals surface area contributed by atoms with Crippen LogP contribution in [0.15, 0.2) is 83.9 Å². The molecule has 0 radical (unpaired) electrons. The lowest BCUT2D eigenvalue weighted by molar-refractivity contribution is -0.113. The van der Waals surface area contributed by atoms with Crippen LogP contribution in [0.3, 0.4) is 0 Å². The van der Waals surface area contributed by atoms with Crippen molar-refractivity contribution in [3.8, 4) is 17.3 Å². The molecule has 1 heterocycles. The number of nitriles is 1. The van der Waals surface area contributed by atoms with Crippen LogP contribution in [0.4, 0.5) is 5.69 Å². The van der Waals surface area contributed by atoms with Crippen molar-refractivity contribution in [2.75, 3.05) is 11.1 Å². The van der Waals surface area contributed by atoms with Gasteiger partial charge in [-0.15, -0.1) is 10.2 Å². The van der Waals surface area contributed by atoms with Crippen LogP contribution in [0.25, 0.3) is 22.0 Å². The quantitative estimate of drug-likeness (QED) is 0.448. The molecular weight excluding hydrogens is 392 g/mol. The number of carbonyl (C=O) groups is 1. The molecule has 5 nitrogen and oxygen atoms in total. The van der Waals surface area contributed by atoms with Gasteiger partial charge >= 0.3 is 0 Å². The largest absolute Gasteiger partial charge is 0.325 e. The third-order valence-electron chi connectivity index (χ3n) is 4.56. The van der Waals surface area contributed by atoms with Crippen LogP contribution in [0, 0.1) is 11.3 Å². The average Bonchev–Trinajstić information content (AvgIpc) is 2.79. The molecule has 0 spiro atoms. The Hall–Kier alpha value is -3.69. The second-order valence-electron chi connectivity index (χ2n) is 6.63. The van der Waals surface area contributed by atoms with E-state index in [4.69, 9.17) is 5.26 Å². The zero-order valence-corrected chi connectivity index (χ0v) is 16.9. The van der Waals surface area contributed by atoms with Crippen molar-refractivity contribution in [1.82, 2.24) is 10.2 Å². The molecule has 0 aliphatic carbocycles. The summed E-state index contributed by atoms with van der Waals surface area (Å²) < 4.78 is 0. The van der Waals surface area contributed by atoms with E-state index in [2.05, 4.69) is 21.6 Å². The standard InChI is InChI=1S/C24H18N4OS/c25-15-14-17-10-12-19(13-11-17)26-22(29)16-30-24-21-9-5-4-8-20(21)23(27-28-24)18-6-2-1-3-7-18/h1-13H,14,16H2,(H,26,29). The fourth-order valence-corrected chi connectivity index (χ4v) is 3.90. The van der Waals surface area contributed by atoms with Crippen LogP contribution in [-0.2, 0) is 11.2 Å². The first kappa shape index (κ1) is 19.6. The number of aromatic nitrogens is 2. The van der Waals surface area contributed by atoms with E-state index in [9.17, 15) is 4.79 Å². The normalized spacial score (nSPS) is 10.5. The van der Waals surface area contributed by atoms with Crippen molar-refractivity contribution in [1.29, 1.82) is 5.26 Å². The molecule has 0 saturated carbocycles. The lowest BCUT2D eigenvalue weighted by atomic mass is 10.1. The predicted octanol–water partition coefficient (Wildman–Crippen LogP) is 5.09. The van der Waals surface area contributed by atoms with Crippen molar-refractivity contribution in [3.63, 3.8) is 0 Å². The van der Waals surface area contributed by atoms with Gasteiger partial charge in [0.2, 0.25) is 5.91 Å². The minimum absolute atomic E-state index is 0.119. The van der Waals surface area contributed by atoms with E-state index in [0.29, 0.717) is 12.1 Å². The molecular formula is C24H18N4OS. The van der Waals surface area contributed by atoms with Crippen molar-refractivity contribution < 1.29 is 4.79 Å². The second-order valence-corrected chi connectivity index (χ2v) is 7.60. The molecule has 0 fully saturated rings. The Morgan fingerprint density at radius 1 is 0.900 bits per heavy atom. The fraction of sp³-hybridized carbons (Fsp3) is 0.0833. The maximum Gasteiger partial charge on any atom is 0.234 e. The summed E-state index contributed by atoms with van der Waals surface area (Å²) in [5.74, 6) is 0.106. The van der Waals surface area contributed by atoms with E-state index in [1.165, 1.54) is 11.8 Å². The Bertz CT molecular complexity index is 1220. The fourth-order valence-electron chi connectivity index (χ4n) is 3.12. The SMILES string of the molecule is N#CCc1ccc(NC(=O)CSc2nnc(-c3ccccc3)c3ccccc23)cc1. The Balaban J connectivity index is 1.49. The van der Waals surface area contributed by atoms with Gasteiger partial charge in [-0.05, 0) is 17.7 Å². The average molecular weight is 411 g/mol. The minimum atomic E-state index is -0.119. The monoisotopic (exact) mass is 410 g/mol. The first-order valence-electron chi connectivity index (χ1n) is 9.44. The highest BCUT2D eigenvalue weighted by Crippen LogP contribution is 2.31. The molecule has 30 heavy (non-hydrogen) atoms. The highest BCUT2D eigenvalue weighted by molar-refractivity contribution is 8.00. The highest BCUT2D eigenvalue weighted by atomic mass is 32.2. The number of benzene rings is 3. The number of hydrogen-bond acceptors (Lipinski definition) is 5. The van der Waals surface area contributed by atoms with Crippen molar-refractivity contribution >= 4 is 34.1 Å². The van der Waals surface area contributed by atoms with Crippen LogP contribution in [-0.4, -0.2) is 21.9 Å². The molecule has 3 aromatic carbocycles. The Labute approximate surface area is 178 Å². The van der Waals surface area contributed by atoms with Crippen LogP contribution < -0.4 is 5.32 Å². The molecule has 0 unspecified atom stereocenters. The van der Waals surface area contributed by atoms with Crippen LogP contribution >= 0.6 is 11.8 Å². The molecule has 0 aliphatic rings. The number of rotatable bonds is 6. The molecule has 1 N–H and O–H groups in total. The van der Waals surface area contributed by atoms with Gasteiger partial charge in [0.25, 0.3) is 0 Å². The van der Waals surface area contributed by atoms with Gasteiger partial charge in [0, 0.05) is 22.0 Å². The predicted molar refractivity (Wildman–Crippen MR) is 120 cm³/mol. The van der Waals surface area contributed by atoms with Gasteiger partial charge < -0.3 is 5.32 Å². The van der Waals surface area contributed by atoms with E-state index < -0.39 is 0 Å². The summed E-state index contributed by atoms with van der Waals surface area (Å²) in [6.45, 7) is 0. The third kappa shape index (κ3) is 4.48. The minimum Gasteiger partial charge on any atom is -0.325 e. The number of hydrogen-bond donors (Lipinski definition) is 1. The molecule has 6 heteroatoms. The first-order chi connectivity index (χ1) is 14.7. The molecule has 1 amide bonds. The summed E-state index contributed by atoms with van der Waals surface area (Å²) in [7, 11) is 0. The van der Waals surface area contributed by atoms with Gasteiger partial charge in [-0.1, -0.05) is 78.5 Å². The third-order valence-corrected chi connectivity index (χ3v) is 5.54. The Morgan fingerprint density at radius 2 is 1.60 bits per heavy atom. The summed E-state index contributed by atoms with van der Waals surface area (Å²) in [5, 5.41) is 23.2. The zero-order chi connectivity index (χ0) is 20.8. The van der Waals surface area contributed by atoms with Crippen molar-refractivity contribution in [2.45, 2.75) is 11.4 Å². The molecule has 0 bridgehead atoms. The lowest BCUT2D eigenvalue weighted by Gasteiger charge is -2.09. The molecule has 0 atom stereocenters. The van der Waals surface area contributed by atoms with Gasteiger partial charge in [0.05, 0.1) is 18.2 Å². The number of nitrogens with one attached hydrogen (secondary N) is 1. The topological polar surface area (TPSA) is 78.7 Å². The van der Waals surface area contributed by atoms with E-state index in [-0.39, 0.29) is 11.7 Å². The number of fused-ring (bicyclic) bond motifs is 1. The molecule has 1 aromatic heterocycles. The van der Waals surface area contributed by atoms with Crippen molar-refractivity contribution in [2.24, 2.45) is 0 Å². The van der Waals surface area contributed by atoms with Gasteiger partial charge in [-0.3, -0.25) is 4.79 Å². The van der Waals surface area contributed by atoms with Crippen molar-refractivity contribution in [3.05, 3.63) is 84.4 Å². The van der Waals surface area contributed by atoms with Gasteiger partial charge in [-0.2, -0.15) is 5.26 Å². The molecule has 0 aliphatic heterocycles. The lowest BCUT2D eigenvalue weighted by Crippen LogP contribution is -2.14. The molecule has 146 valence electrons. The second kappa shape index (κ2) is 9.21. The van der Waals surface area contributed by atoms with E-state index in [1.807, 2.05) is 66.7 Å². The Kier molecular flexibility index (Phi) is 6.02. The zero-order valence-electron chi connectivity index (χ0n) is 16.1. The van der Waals surface area contributed by atoms with Crippen LogP contribution in [0.1, 0.15) is 5.56 Å². The van der Waals surface area contributed by atoms with E-state index in [1.54, 1.807) is 12.1 Å².